The number of nitrogens with zero attached hydrogens (tertiary/aromatic N) is 2. The Morgan fingerprint density at radius 3 is 2.71 bits per heavy atom. The van der Waals surface area contributed by atoms with Crippen LogP contribution >= 0.6 is 11.6 Å². The standard InChI is InChI=1S/C12H14ClN3O/c1-3-12(2,14)9-6-16-11(17)8-5-15-10(13)4-7(8)9/h4-6H,3,14H2,1-2H3,(H,16,17). The van der Waals surface area contributed by atoms with Gasteiger partial charge in [-0.15, -0.1) is 0 Å². The number of fused-ring (bicyclic) bond motifs is 1. The van der Waals surface area contributed by atoms with Crippen molar-refractivity contribution in [1.29, 1.82) is 0 Å². The van der Waals surface area contributed by atoms with Gasteiger partial charge in [-0.2, -0.15) is 0 Å². The van der Waals surface area contributed by atoms with E-state index in [1.54, 1.807) is 12.3 Å². The van der Waals surface area contributed by atoms with E-state index in [1.165, 1.54) is 6.20 Å². The van der Waals surface area contributed by atoms with Gasteiger partial charge < -0.3 is 10.8 Å². The van der Waals surface area contributed by atoms with E-state index >= 15 is 0 Å². The molecule has 2 rings (SSSR count). The molecule has 0 amide bonds. The Morgan fingerprint density at radius 2 is 2.06 bits per heavy atom. The van der Waals surface area contributed by atoms with Gasteiger partial charge in [-0.3, -0.25) is 0 Å². The lowest BCUT2D eigenvalue weighted by Gasteiger charge is -2.24. The van der Waals surface area contributed by atoms with Crippen LogP contribution in [-0.4, -0.2) is 15.1 Å². The minimum Gasteiger partial charge on any atom is -0.493 e. The summed E-state index contributed by atoms with van der Waals surface area (Å²) in [7, 11) is 0. The normalized spacial score (nSPS) is 14.8. The summed E-state index contributed by atoms with van der Waals surface area (Å²) in [6.07, 6.45) is 3.86. The summed E-state index contributed by atoms with van der Waals surface area (Å²) in [6, 6.07) is 1.70. The molecule has 0 saturated carbocycles. The first-order valence-corrected chi connectivity index (χ1v) is 5.76. The van der Waals surface area contributed by atoms with Crippen molar-refractivity contribution in [3.05, 3.63) is 29.2 Å². The van der Waals surface area contributed by atoms with E-state index < -0.39 is 5.54 Å². The Kier molecular flexibility index (Phi) is 2.93. The van der Waals surface area contributed by atoms with Crippen molar-refractivity contribution in [3.8, 4) is 5.88 Å². The Balaban J connectivity index is 2.81. The van der Waals surface area contributed by atoms with Gasteiger partial charge in [0.15, 0.2) is 0 Å². The molecule has 0 bridgehead atoms. The fourth-order valence-corrected chi connectivity index (χ4v) is 1.90. The maximum Gasteiger partial charge on any atom is 0.220 e. The van der Waals surface area contributed by atoms with Crippen LogP contribution in [0.2, 0.25) is 5.15 Å². The first kappa shape index (κ1) is 12.1. The van der Waals surface area contributed by atoms with Gasteiger partial charge >= 0.3 is 0 Å². The van der Waals surface area contributed by atoms with Crippen LogP contribution in [0.5, 0.6) is 5.88 Å². The van der Waals surface area contributed by atoms with Gasteiger partial charge in [-0.25, -0.2) is 9.97 Å². The molecular weight excluding hydrogens is 238 g/mol. The van der Waals surface area contributed by atoms with Crippen molar-refractivity contribution in [2.75, 3.05) is 0 Å². The van der Waals surface area contributed by atoms with Gasteiger partial charge in [-0.1, -0.05) is 18.5 Å². The average molecular weight is 252 g/mol. The van der Waals surface area contributed by atoms with Crippen molar-refractivity contribution in [2.45, 2.75) is 25.8 Å². The summed E-state index contributed by atoms with van der Waals surface area (Å²) in [5.41, 5.74) is 6.57. The molecule has 4 nitrogen and oxygen atoms in total. The third-order valence-electron chi connectivity index (χ3n) is 3.07. The maximum atomic E-state index is 9.69. The molecule has 2 heterocycles. The van der Waals surface area contributed by atoms with Crippen molar-refractivity contribution >= 4 is 22.4 Å². The van der Waals surface area contributed by atoms with Crippen LogP contribution in [0.15, 0.2) is 18.5 Å². The Hall–Kier alpha value is -1.39. The van der Waals surface area contributed by atoms with E-state index in [1.807, 2.05) is 13.8 Å². The molecule has 0 saturated heterocycles. The molecular formula is C12H14ClN3O. The van der Waals surface area contributed by atoms with Gasteiger partial charge in [0.1, 0.15) is 5.15 Å². The fraction of sp³-hybridized carbons (Fsp3) is 0.333. The van der Waals surface area contributed by atoms with Crippen LogP contribution in [-0.2, 0) is 5.54 Å². The largest absolute Gasteiger partial charge is 0.493 e. The van der Waals surface area contributed by atoms with Gasteiger partial charge in [0.25, 0.3) is 0 Å². The summed E-state index contributed by atoms with van der Waals surface area (Å²) < 4.78 is 0. The van der Waals surface area contributed by atoms with E-state index in [-0.39, 0.29) is 5.88 Å². The Morgan fingerprint density at radius 1 is 1.35 bits per heavy atom. The van der Waals surface area contributed by atoms with Gasteiger partial charge in [0.05, 0.1) is 5.39 Å². The molecule has 0 aromatic carbocycles. The van der Waals surface area contributed by atoms with Gasteiger partial charge in [0, 0.05) is 17.9 Å². The molecule has 0 fully saturated rings. The molecule has 0 aliphatic heterocycles. The molecule has 2 aromatic heterocycles. The molecule has 0 aliphatic rings. The van der Waals surface area contributed by atoms with E-state index in [0.717, 1.165) is 17.4 Å². The van der Waals surface area contributed by atoms with Crippen molar-refractivity contribution in [1.82, 2.24) is 9.97 Å². The quantitative estimate of drug-likeness (QED) is 0.805. The number of pyridine rings is 2. The third-order valence-corrected chi connectivity index (χ3v) is 3.27. The van der Waals surface area contributed by atoms with Crippen LogP contribution < -0.4 is 5.73 Å². The van der Waals surface area contributed by atoms with Crippen LogP contribution in [0.3, 0.4) is 0 Å². The lowest BCUT2D eigenvalue weighted by atomic mass is 9.89. The molecule has 5 heteroatoms. The van der Waals surface area contributed by atoms with Gasteiger partial charge in [0.2, 0.25) is 5.88 Å². The summed E-state index contributed by atoms with van der Waals surface area (Å²) in [5, 5.41) is 11.4. The predicted molar refractivity (Wildman–Crippen MR) is 68.0 cm³/mol. The third kappa shape index (κ3) is 2.06. The highest BCUT2D eigenvalue weighted by Crippen LogP contribution is 2.32. The maximum absolute atomic E-state index is 9.69. The number of hydrogen-bond acceptors (Lipinski definition) is 4. The molecule has 2 aromatic rings. The van der Waals surface area contributed by atoms with E-state index in [0.29, 0.717) is 10.5 Å². The van der Waals surface area contributed by atoms with Crippen LogP contribution in [0, 0.1) is 0 Å². The summed E-state index contributed by atoms with van der Waals surface area (Å²) in [6.45, 7) is 3.93. The zero-order valence-electron chi connectivity index (χ0n) is 9.74. The SMILES string of the molecule is CCC(C)(N)c1cnc(O)c2cnc(Cl)cc12. The van der Waals surface area contributed by atoms with E-state index in [9.17, 15) is 5.11 Å². The number of aromatic nitrogens is 2. The van der Waals surface area contributed by atoms with Crippen molar-refractivity contribution < 1.29 is 5.11 Å². The summed E-state index contributed by atoms with van der Waals surface area (Å²) in [4.78, 5) is 7.89. The van der Waals surface area contributed by atoms with Crippen molar-refractivity contribution in [3.63, 3.8) is 0 Å². The first-order valence-electron chi connectivity index (χ1n) is 5.38. The van der Waals surface area contributed by atoms with E-state index in [4.69, 9.17) is 17.3 Å². The van der Waals surface area contributed by atoms with Crippen LogP contribution in [0.4, 0.5) is 0 Å². The smallest absolute Gasteiger partial charge is 0.220 e. The number of halogens is 1. The van der Waals surface area contributed by atoms with Crippen LogP contribution in [0.25, 0.3) is 10.8 Å². The van der Waals surface area contributed by atoms with Gasteiger partial charge in [-0.05, 0) is 30.4 Å². The highest BCUT2D eigenvalue weighted by molar-refractivity contribution is 6.30. The van der Waals surface area contributed by atoms with Crippen LogP contribution in [0.1, 0.15) is 25.8 Å². The minimum atomic E-state index is -0.510. The highest BCUT2D eigenvalue weighted by Gasteiger charge is 2.23. The molecule has 90 valence electrons. The Labute approximate surface area is 104 Å². The predicted octanol–water partition coefficient (Wildman–Crippen LogP) is 2.57. The first-order chi connectivity index (χ1) is 7.95. The lowest BCUT2D eigenvalue weighted by Crippen LogP contribution is -2.32. The zero-order chi connectivity index (χ0) is 12.6. The fourth-order valence-electron chi connectivity index (χ4n) is 1.74. The second-order valence-corrected chi connectivity index (χ2v) is 4.71. The topological polar surface area (TPSA) is 72.0 Å². The average Bonchev–Trinajstić information content (AvgIpc) is 2.29. The zero-order valence-corrected chi connectivity index (χ0v) is 10.5. The summed E-state index contributed by atoms with van der Waals surface area (Å²) >= 11 is 5.88. The molecule has 0 spiro atoms. The lowest BCUT2D eigenvalue weighted by molar-refractivity contribution is 0.453. The molecule has 1 atom stereocenters. The second kappa shape index (κ2) is 4.13. The number of nitrogens with two attached hydrogens (primary N) is 1. The number of rotatable bonds is 2. The molecule has 3 N–H and O–H groups in total. The highest BCUT2D eigenvalue weighted by atomic mass is 35.5. The van der Waals surface area contributed by atoms with E-state index in [2.05, 4.69) is 9.97 Å². The number of aromatic hydroxyl groups is 1. The summed E-state index contributed by atoms with van der Waals surface area (Å²) in [5.74, 6) is -0.0557. The molecule has 1 unspecified atom stereocenters. The van der Waals surface area contributed by atoms with Crippen molar-refractivity contribution in [2.24, 2.45) is 5.73 Å². The number of hydrogen-bond donors (Lipinski definition) is 2. The second-order valence-electron chi connectivity index (χ2n) is 4.32. The Bertz CT molecular complexity index is 569. The molecule has 0 aliphatic carbocycles. The monoisotopic (exact) mass is 251 g/mol. The minimum absolute atomic E-state index is 0.0557. The molecule has 0 radical (unpaired) electrons. The molecule has 17 heavy (non-hydrogen) atoms.